The lowest BCUT2D eigenvalue weighted by molar-refractivity contribution is -0.0500. The van der Waals surface area contributed by atoms with Gasteiger partial charge in [0.05, 0.1) is 7.11 Å². The largest absolute Gasteiger partial charge is 0.534 e. The topological polar surface area (TPSA) is 52.6 Å². The van der Waals surface area contributed by atoms with Gasteiger partial charge in [-0.2, -0.15) is 21.6 Å². The van der Waals surface area contributed by atoms with E-state index in [2.05, 4.69) is 10.8 Å². The van der Waals surface area contributed by atoms with Crippen LogP contribution in [0.3, 0.4) is 0 Å². The molecule has 8 heteroatoms. The van der Waals surface area contributed by atoms with Gasteiger partial charge in [0.25, 0.3) is 0 Å². The highest BCUT2D eigenvalue weighted by Crippen LogP contribution is 2.37. The SMILES string of the molecule is C=CCc1cc(C)cc(OC)c1OS(=O)(=O)C(F)(F)F. The van der Waals surface area contributed by atoms with Crippen LogP contribution in [0.4, 0.5) is 13.2 Å². The predicted octanol–water partition coefficient (Wildman–Crippen LogP) is 2.96. The van der Waals surface area contributed by atoms with Gasteiger partial charge in [-0.25, -0.2) is 0 Å². The minimum absolute atomic E-state index is 0.0883. The minimum atomic E-state index is -5.75. The smallest absolute Gasteiger partial charge is 0.493 e. The molecule has 0 aliphatic heterocycles. The summed E-state index contributed by atoms with van der Waals surface area (Å²) in [5.41, 5.74) is -4.57. The average Bonchev–Trinajstić information content (AvgIpc) is 2.30. The van der Waals surface area contributed by atoms with Crippen molar-refractivity contribution in [1.82, 2.24) is 0 Å². The van der Waals surface area contributed by atoms with Gasteiger partial charge in [0.2, 0.25) is 0 Å². The number of hydrogen-bond donors (Lipinski definition) is 0. The molecule has 112 valence electrons. The number of halogens is 3. The van der Waals surface area contributed by atoms with Crippen molar-refractivity contribution in [2.75, 3.05) is 7.11 Å². The van der Waals surface area contributed by atoms with Crippen LogP contribution in [0.15, 0.2) is 24.8 Å². The third-order valence-corrected chi connectivity index (χ3v) is 3.29. The fourth-order valence-electron chi connectivity index (χ4n) is 1.52. The number of benzene rings is 1. The monoisotopic (exact) mass is 310 g/mol. The Bertz CT molecular complexity index is 606. The molecule has 0 N–H and O–H groups in total. The average molecular weight is 310 g/mol. The molecule has 0 atom stereocenters. The first kappa shape index (κ1) is 16.4. The van der Waals surface area contributed by atoms with Crippen molar-refractivity contribution in [1.29, 1.82) is 0 Å². The lowest BCUT2D eigenvalue weighted by Gasteiger charge is -2.16. The number of alkyl halides is 3. The zero-order valence-electron chi connectivity index (χ0n) is 10.8. The van der Waals surface area contributed by atoms with E-state index in [4.69, 9.17) is 4.74 Å². The van der Waals surface area contributed by atoms with E-state index in [-0.39, 0.29) is 17.7 Å². The van der Waals surface area contributed by atoms with Crippen molar-refractivity contribution in [3.05, 3.63) is 35.9 Å². The van der Waals surface area contributed by atoms with Crippen LogP contribution in [0.2, 0.25) is 0 Å². The molecule has 0 unspecified atom stereocenters. The normalized spacial score (nSPS) is 12.1. The first-order chi connectivity index (χ1) is 9.12. The van der Waals surface area contributed by atoms with Crippen molar-refractivity contribution >= 4 is 10.1 Å². The lowest BCUT2D eigenvalue weighted by atomic mass is 10.1. The first-order valence-corrected chi connectivity index (χ1v) is 6.82. The zero-order valence-corrected chi connectivity index (χ0v) is 11.6. The lowest BCUT2D eigenvalue weighted by Crippen LogP contribution is -2.28. The molecule has 0 saturated heterocycles. The van der Waals surface area contributed by atoms with Crippen LogP contribution in [0.5, 0.6) is 11.5 Å². The van der Waals surface area contributed by atoms with Crippen LogP contribution in [0.25, 0.3) is 0 Å². The summed E-state index contributed by atoms with van der Waals surface area (Å²) in [4.78, 5) is 0. The van der Waals surface area contributed by atoms with E-state index in [0.29, 0.717) is 5.56 Å². The van der Waals surface area contributed by atoms with E-state index in [1.807, 2.05) is 0 Å². The highest BCUT2D eigenvalue weighted by molar-refractivity contribution is 7.88. The van der Waals surface area contributed by atoms with Gasteiger partial charge in [-0.05, 0) is 25.0 Å². The van der Waals surface area contributed by atoms with E-state index >= 15 is 0 Å². The summed E-state index contributed by atoms with van der Waals surface area (Å²) in [5, 5.41) is 0. The van der Waals surface area contributed by atoms with Gasteiger partial charge in [0.1, 0.15) is 0 Å². The predicted molar refractivity (Wildman–Crippen MR) is 67.2 cm³/mol. The Labute approximate surface area is 114 Å². The fraction of sp³-hybridized carbons (Fsp3) is 0.333. The Balaban J connectivity index is 3.39. The number of rotatable bonds is 5. The maximum atomic E-state index is 12.4. The van der Waals surface area contributed by atoms with Crippen molar-refractivity contribution in [2.24, 2.45) is 0 Å². The summed E-state index contributed by atoms with van der Waals surface area (Å²) in [7, 11) is -4.54. The van der Waals surface area contributed by atoms with Gasteiger partial charge < -0.3 is 8.92 Å². The Morgan fingerprint density at radius 1 is 1.35 bits per heavy atom. The quantitative estimate of drug-likeness (QED) is 0.477. The van der Waals surface area contributed by atoms with Crippen LogP contribution in [0, 0.1) is 6.92 Å². The number of ether oxygens (including phenoxy) is 1. The molecule has 0 saturated carbocycles. The maximum Gasteiger partial charge on any atom is 0.534 e. The molecule has 4 nitrogen and oxygen atoms in total. The summed E-state index contributed by atoms with van der Waals surface area (Å²) in [6, 6.07) is 2.89. The summed E-state index contributed by atoms with van der Waals surface area (Å²) in [5.74, 6) is -0.565. The van der Waals surface area contributed by atoms with Crippen LogP contribution in [-0.2, 0) is 16.5 Å². The third-order valence-electron chi connectivity index (χ3n) is 2.34. The number of allylic oxidation sites excluding steroid dienone is 1. The van der Waals surface area contributed by atoms with Gasteiger partial charge in [-0.3, -0.25) is 0 Å². The Kier molecular flexibility index (Phi) is 4.69. The maximum absolute atomic E-state index is 12.4. The van der Waals surface area contributed by atoms with Gasteiger partial charge in [-0.15, -0.1) is 6.58 Å². The molecule has 1 rings (SSSR count). The van der Waals surface area contributed by atoms with Gasteiger partial charge in [-0.1, -0.05) is 12.1 Å². The summed E-state index contributed by atoms with van der Waals surface area (Å²) in [6.45, 7) is 5.15. The standard InChI is InChI=1S/C12H13F3O4S/c1-4-5-9-6-8(2)7-10(18-3)11(9)19-20(16,17)12(13,14)15/h4,6-7H,1,5H2,2-3H3. The van der Waals surface area contributed by atoms with Gasteiger partial charge in [0, 0.05) is 5.56 Å². The summed E-state index contributed by atoms with van der Waals surface area (Å²) >= 11 is 0. The van der Waals surface area contributed by atoms with Crippen LogP contribution >= 0.6 is 0 Å². The number of hydrogen-bond acceptors (Lipinski definition) is 4. The van der Waals surface area contributed by atoms with Gasteiger partial charge in [0.15, 0.2) is 11.5 Å². The van der Waals surface area contributed by atoms with E-state index in [1.54, 1.807) is 6.92 Å². The molecule has 0 aromatic heterocycles. The molecule has 20 heavy (non-hydrogen) atoms. The molecular weight excluding hydrogens is 297 g/mol. The van der Waals surface area contributed by atoms with Crippen molar-refractivity contribution in [3.8, 4) is 11.5 Å². The molecule has 0 bridgehead atoms. The van der Waals surface area contributed by atoms with Crippen LogP contribution in [-0.4, -0.2) is 21.0 Å². The van der Waals surface area contributed by atoms with Crippen LogP contribution in [0.1, 0.15) is 11.1 Å². The van der Waals surface area contributed by atoms with Crippen LogP contribution < -0.4 is 8.92 Å². The Hall–Kier alpha value is -1.70. The second-order valence-corrected chi connectivity index (χ2v) is 5.47. The Morgan fingerprint density at radius 2 is 1.95 bits per heavy atom. The molecular formula is C12H13F3O4S. The fourth-order valence-corrected chi connectivity index (χ4v) is 2.03. The molecule has 0 aliphatic carbocycles. The second-order valence-electron chi connectivity index (χ2n) is 3.93. The summed E-state index contributed by atoms with van der Waals surface area (Å²) < 4.78 is 68.4. The van der Waals surface area contributed by atoms with E-state index in [0.717, 1.165) is 0 Å². The molecule has 0 spiro atoms. The van der Waals surface area contributed by atoms with E-state index < -0.39 is 21.4 Å². The van der Waals surface area contributed by atoms with E-state index in [1.165, 1.54) is 25.3 Å². The molecule has 1 aromatic carbocycles. The molecule has 0 aliphatic rings. The second kappa shape index (κ2) is 5.74. The highest BCUT2D eigenvalue weighted by Gasteiger charge is 2.49. The number of methoxy groups -OCH3 is 1. The van der Waals surface area contributed by atoms with Crippen molar-refractivity contribution in [3.63, 3.8) is 0 Å². The Morgan fingerprint density at radius 3 is 2.40 bits per heavy atom. The molecule has 0 fully saturated rings. The molecule has 1 aromatic rings. The highest BCUT2D eigenvalue weighted by atomic mass is 32.2. The first-order valence-electron chi connectivity index (χ1n) is 5.41. The molecule has 0 heterocycles. The third kappa shape index (κ3) is 3.44. The van der Waals surface area contributed by atoms with E-state index in [9.17, 15) is 21.6 Å². The van der Waals surface area contributed by atoms with Gasteiger partial charge >= 0.3 is 15.6 Å². The molecule has 0 amide bonds. The summed E-state index contributed by atoms with van der Waals surface area (Å²) in [6.07, 6.45) is 1.56. The number of aryl methyl sites for hydroxylation is 1. The molecule has 0 radical (unpaired) electrons. The van der Waals surface area contributed by atoms with Crippen molar-refractivity contribution < 1.29 is 30.5 Å². The van der Waals surface area contributed by atoms with Crippen molar-refractivity contribution in [2.45, 2.75) is 18.9 Å². The zero-order chi connectivity index (χ0) is 15.6. The minimum Gasteiger partial charge on any atom is -0.493 e.